The van der Waals surface area contributed by atoms with Gasteiger partial charge in [0.05, 0.1) is 17.4 Å². The Labute approximate surface area is 139 Å². The van der Waals surface area contributed by atoms with Gasteiger partial charge in [-0.05, 0) is 24.3 Å². The number of benzene rings is 2. The van der Waals surface area contributed by atoms with Crippen LogP contribution in [0.5, 0.6) is 0 Å². The fourth-order valence-corrected chi connectivity index (χ4v) is 1.30. The van der Waals surface area contributed by atoms with Crippen molar-refractivity contribution in [3.8, 4) is 0 Å². The Hall–Kier alpha value is -3.41. The molecule has 0 amide bonds. The number of rotatable bonds is 3. The van der Waals surface area contributed by atoms with Crippen LogP contribution in [0.4, 0.5) is 0 Å². The highest BCUT2D eigenvalue weighted by Crippen LogP contribution is 2.00. The summed E-state index contributed by atoms with van der Waals surface area (Å²) in [5.41, 5.74) is 0.866. The molecule has 6 heteroatoms. The maximum atomic E-state index is 11.0. The van der Waals surface area contributed by atoms with Gasteiger partial charge in [0.15, 0.2) is 0 Å². The fourth-order valence-electron chi connectivity index (χ4n) is 1.30. The van der Waals surface area contributed by atoms with Crippen molar-refractivity contribution in [2.24, 2.45) is 0 Å². The number of carbonyl (C=O) groups is 3. The smallest absolute Gasteiger partial charge is 0.342 e. The fraction of sp³-hybridized carbons (Fsp3) is 0.0556. The summed E-state index contributed by atoms with van der Waals surface area (Å²) in [6.45, 7) is 4.37. The Morgan fingerprint density at radius 2 is 1.25 bits per heavy atom. The third-order valence-electron chi connectivity index (χ3n) is 2.22. The van der Waals surface area contributed by atoms with E-state index in [1.54, 1.807) is 54.6 Å². The van der Waals surface area contributed by atoms with Gasteiger partial charge >= 0.3 is 11.9 Å². The molecule has 2 rings (SSSR count). The summed E-state index contributed by atoms with van der Waals surface area (Å²) in [5.74, 6) is -2.09. The van der Waals surface area contributed by atoms with Crippen molar-refractivity contribution >= 4 is 17.9 Å². The van der Waals surface area contributed by atoms with Gasteiger partial charge in [0, 0.05) is 6.92 Å². The van der Waals surface area contributed by atoms with Crippen molar-refractivity contribution in [1.29, 1.82) is 0 Å². The lowest BCUT2D eigenvalue weighted by Crippen LogP contribution is -1.98. The standard InChI is InChI=1S/C9H8O2.C7H6O2.C2H4O2/c1-2-11-9(10)8-6-4-3-5-7-8;8-7(9)6-4-2-1-3-5-6;1-2(3)4/h2-7H,1H2;1-5H,(H,8,9);1H3,(H,3,4). The number of esters is 1. The van der Waals surface area contributed by atoms with E-state index in [0.717, 1.165) is 13.2 Å². The lowest BCUT2D eigenvalue weighted by atomic mass is 10.2. The maximum absolute atomic E-state index is 11.0. The normalized spacial score (nSPS) is 8.38. The second-order valence-corrected chi connectivity index (χ2v) is 4.13. The Kier molecular flexibility index (Phi) is 10.4. The van der Waals surface area contributed by atoms with Gasteiger partial charge in [0.25, 0.3) is 5.97 Å². The van der Waals surface area contributed by atoms with E-state index in [1.165, 1.54) is 0 Å². The number of aliphatic carboxylic acids is 1. The predicted octanol–water partition coefficient (Wildman–Crippen LogP) is 3.46. The first kappa shape index (κ1) is 20.6. The molecule has 2 N–H and O–H groups in total. The summed E-state index contributed by atoms with van der Waals surface area (Å²) in [7, 11) is 0. The van der Waals surface area contributed by atoms with Crippen LogP contribution in [-0.2, 0) is 9.53 Å². The predicted molar refractivity (Wildman–Crippen MR) is 88.8 cm³/mol. The van der Waals surface area contributed by atoms with Gasteiger partial charge in [-0.2, -0.15) is 0 Å². The van der Waals surface area contributed by atoms with E-state index in [-0.39, 0.29) is 5.97 Å². The minimum Gasteiger partial charge on any atom is -0.481 e. The molecule has 2 aromatic rings. The maximum Gasteiger partial charge on any atom is 0.342 e. The first-order chi connectivity index (χ1) is 11.4. The largest absolute Gasteiger partial charge is 0.481 e. The van der Waals surface area contributed by atoms with E-state index in [4.69, 9.17) is 15.0 Å². The summed E-state index contributed by atoms with van der Waals surface area (Å²) in [4.78, 5) is 30.2. The van der Waals surface area contributed by atoms with Crippen LogP contribution in [-0.4, -0.2) is 28.1 Å². The minimum absolute atomic E-state index is 0.331. The Morgan fingerprint density at radius 1 is 0.875 bits per heavy atom. The van der Waals surface area contributed by atoms with Crippen molar-refractivity contribution < 1.29 is 29.3 Å². The molecule has 6 nitrogen and oxygen atoms in total. The SMILES string of the molecule is C=COC(=O)c1ccccc1.CC(=O)O.O=C(O)c1ccccc1. The third kappa shape index (κ3) is 10.3. The van der Waals surface area contributed by atoms with E-state index < -0.39 is 11.9 Å². The average molecular weight is 330 g/mol. The molecule has 126 valence electrons. The first-order valence-corrected chi connectivity index (χ1v) is 6.73. The van der Waals surface area contributed by atoms with Gasteiger partial charge < -0.3 is 14.9 Å². The summed E-state index contributed by atoms with van der Waals surface area (Å²) in [6.07, 6.45) is 1.12. The molecular formula is C18H18O6. The van der Waals surface area contributed by atoms with Crippen molar-refractivity contribution in [3.63, 3.8) is 0 Å². The Bertz CT molecular complexity index is 646. The molecule has 0 aromatic heterocycles. The zero-order valence-electron chi connectivity index (χ0n) is 13.1. The quantitative estimate of drug-likeness (QED) is 0.660. The highest BCUT2D eigenvalue weighted by atomic mass is 16.5. The van der Waals surface area contributed by atoms with Gasteiger partial charge in [-0.15, -0.1) is 0 Å². The molecule has 0 saturated carbocycles. The molecule has 2 aromatic carbocycles. The molecule has 0 atom stereocenters. The Balaban J connectivity index is 0.000000367. The van der Waals surface area contributed by atoms with Crippen molar-refractivity contribution in [2.75, 3.05) is 0 Å². The average Bonchev–Trinajstić information content (AvgIpc) is 2.57. The van der Waals surface area contributed by atoms with Gasteiger partial charge in [0.2, 0.25) is 0 Å². The van der Waals surface area contributed by atoms with Crippen LogP contribution in [0.25, 0.3) is 0 Å². The zero-order chi connectivity index (χ0) is 18.4. The second kappa shape index (κ2) is 12.2. The van der Waals surface area contributed by atoms with E-state index in [2.05, 4.69) is 11.3 Å². The Morgan fingerprint density at radius 3 is 1.54 bits per heavy atom. The summed E-state index contributed by atoms with van der Waals surface area (Å²) < 4.78 is 4.55. The molecule has 0 unspecified atom stereocenters. The van der Waals surface area contributed by atoms with Gasteiger partial charge in [-0.1, -0.05) is 43.0 Å². The summed E-state index contributed by atoms with van der Waals surface area (Å²) in [5, 5.41) is 15.8. The highest BCUT2D eigenvalue weighted by molar-refractivity contribution is 5.89. The molecule has 0 saturated heterocycles. The van der Waals surface area contributed by atoms with Crippen LogP contribution in [0.2, 0.25) is 0 Å². The van der Waals surface area contributed by atoms with Crippen LogP contribution in [0.1, 0.15) is 27.6 Å². The van der Waals surface area contributed by atoms with E-state index in [9.17, 15) is 9.59 Å². The summed E-state index contributed by atoms with van der Waals surface area (Å²) in [6, 6.07) is 17.1. The zero-order valence-corrected chi connectivity index (χ0v) is 13.1. The minimum atomic E-state index is -0.879. The lowest BCUT2D eigenvalue weighted by molar-refractivity contribution is -0.134. The van der Waals surface area contributed by atoms with Gasteiger partial charge in [-0.3, -0.25) is 4.79 Å². The molecule has 0 aliphatic heterocycles. The summed E-state index contributed by atoms with van der Waals surface area (Å²) >= 11 is 0. The topological polar surface area (TPSA) is 101 Å². The van der Waals surface area contributed by atoms with E-state index in [1.807, 2.05) is 6.07 Å². The number of ether oxygens (including phenoxy) is 1. The van der Waals surface area contributed by atoms with Crippen molar-refractivity contribution in [2.45, 2.75) is 6.92 Å². The van der Waals surface area contributed by atoms with Crippen LogP contribution < -0.4 is 0 Å². The number of carboxylic acid groups (broad SMARTS) is 2. The molecule has 0 spiro atoms. The molecule has 0 radical (unpaired) electrons. The van der Waals surface area contributed by atoms with E-state index >= 15 is 0 Å². The molecule has 24 heavy (non-hydrogen) atoms. The lowest BCUT2D eigenvalue weighted by Gasteiger charge is -1.96. The molecule has 0 bridgehead atoms. The van der Waals surface area contributed by atoms with Crippen molar-refractivity contribution in [1.82, 2.24) is 0 Å². The molecule has 0 aliphatic carbocycles. The van der Waals surface area contributed by atoms with E-state index in [0.29, 0.717) is 11.1 Å². The molecule has 0 aliphatic rings. The second-order valence-electron chi connectivity index (χ2n) is 4.13. The van der Waals surface area contributed by atoms with Gasteiger partial charge in [-0.25, -0.2) is 9.59 Å². The van der Waals surface area contributed by atoms with Crippen LogP contribution in [0, 0.1) is 0 Å². The third-order valence-corrected chi connectivity index (χ3v) is 2.22. The van der Waals surface area contributed by atoms with Crippen molar-refractivity contribution in [3.05, 3.63) is 84.6 Å². The molecule has 0 fully saturated rings. The van der Waals surface area contributed by atoms with Crippen LogP contribution in [0.15, 0.2) is 73.5 Å². The van der Waals surface area contributed by atoms with Crippen LogP contribution >= 0.6 is 0 Å². The van der Waals surface area contributed by atoms with Gasteiger partial charge in [0.1, 0.15) is 0 Å². The number of aromatic carboxylic acids is 1. The molecular weight excluding hydrogens is 312 g/mol. The monoisotopic (exact) mass is 330 g/mol. The number of carboxylic acids is 2. The number of carbonyl (C=O) groups excluding carboxylic acids is 1. The molecule has 0 heterocycles. The first-order valence-electron chi connectivity index (χ1n) is 6.73. The number of hydrogen-bond acceptors (Lipinski definition) is 4. The number of hydrogen-bond donors (Lipinski definition) is 2. The van der Waals surface area contributed by atoms with Crippen LogP contribution in [0.3, 0.4) is 0 Å². The highest BCUT2D eigenvalue weighted by Gasteiger charge is 2.01.